The Hall–Kier alpha value is -1.46. The Balaban J connectivity index is 0.00000102. The summed E-state index contributed by atoms with van der Waals surface area (Å²) < 4.78 is 5.19. The van der Waals surface area contributed by atoms with Crippen LogP contribution in [0.1, 0.15) is 58.9 Å². The van der Waals surface area contributed by atoms with Gasteiger partial charge in [0.05, 0.1) is 13.7 Å². The predicted molar refractivity (Wildman–Crippen MR) is 97.6 cm³/mol. The molecule has 1 aliphatic rings. The van der Waals surface area contributed by atoms with Crippen molar-refractivity contribution in [2.75, 3.05) is 26.7 Å². The zero-order valence-electron chi connectivity index (χ0n) is 15.3. The number of benzene rings is 1. The third-order valence-electron chi connectivity index (χ3n) is 3.65. The number of piperidine rings is 1. The van der Waals surface area contributed by atoms with E-state index in [2.05, 4.69) is 41.0 Å². The molecule has 1 aromatic rings. The van der Waals surface area contributed by atoms with Crippen LogP contribution >= 0.6 is 0 Å². The highest BCUT2D eigenvalue weighted by atomic mass is 16.5. The minimum absolute atomic E-state index is 0.696. The summed E-state index contributed by atoms with van der Waals surface area (Å²) in [5, 5.41) is 0. The fraction of sp³-hybridized carbons (Fsp3) is 0.600. The van der Waals surface area contributed by atoms with E-state index in [0.29, 0.717) is 5.92 Å². The third-order valence-corrected chi connectivity index (χ3v) is 3.65. The van der Waals surface area contributed by atoms with E-state index in [1.807, 2.05) is 34.6 Å². The second-order valence-corrected chi connectivity index (χ2v) is 4.75. The highest BCUT2D eigenvalue weighted by Gasteiger charge is 2.19. The Morgan fingerprint density at radius 3 is 2.05 bits per heavy atom. The molecule has 0 aliphatic carbocycles. The maximum atomic E-state index is 5.19. The van der Waals surface area contributed by atoms with Crippen LogP contribution < -0.4 is 4.74 Å². The van der Waals surface area contributed by atoms with Crippen molar-refractivity contribution in [3.05, 3.63) is 29.8 Å². The van der Waals surface area contributed by atoms with E-state index in [-0.39, 0.29) is 0 Å². The van der Waals surface area contributed by atoms with E-state index in [0.717, 1.165) is 25.4 Å². The van der Waals surface area contributed by atoms with Crippen LogP contribution in [0.3, 0.4) is 0 Å². The van der Waals surface area contributed by atoms with Crippen LogP contribution in [0.5, 0.6) is 5.75 Å². The SMILES string of the molecule is CC.CC.CC#CCN1CCC(c2ccc(OC)cc2)CC1. The van der Waals surface area contributed by atoms with Gasteiger partial charge in [-0.05, 0) is 56.5 Å². The summed E-state index contributed by atoms with van der Waals surface area (Å²) in [5.41, 5.74) is 1.44. The van der Waals surface area contributed by atoms with E-state index in [4.69, 9.17) is 4.74 Å². The molecule has 0 spiro atoms. The zero-order valence-corrected chi connectivity index (χ0v) is 15.3. The monoisotopic (exact) mass is 303 g/mol. The fourth-order valence-electron chi connectivity index (χ4n) is 2.49. The van der Waals surface area contributed by atoms with Crippen molar-refractivity contribution < 1.29 is 4.74 Å². The van der Waals surface area contributed by atoms with Crippen molar-refractivity contribution in [3.8, 4) is 17.6 Å². The van der Waals surface area contributed by atoms with Gasteiger partial charge < -0.3 is 4.74 Å². The van der Waals surface area contributed by atoms with E-state index >= 15 is 0 Å². The Bertz CT molecular complexity index is 419. The molecule has 22 heavy (non-hydrogen) atoms. The summed E-state index contributed by atoms with van der Waals surface area (Å²) in [7, 11) is 1.71. The first-order valence-electron chi connectivity index (χ1n) is 8.59. The van der Waals surface area contributed by atoms with Crippen molar-refractivity contribution in [1.29, 1.82) is 0 Å². The van der Waals surface area contributed by atoms with Gasteiger partial charge in [0.2, 0.25) is 0 Å². The van der Waals surface area contributed by atoms with Crippen molar-refractivity contribution in [3.63, 3.8) is 0 Å². The van der Waals surface area contributed by atoms with Crippen molar-refractivity contribution in [2.45, 2.75) is 53.4 Å². The number of hydrogen-bond donors (Lipinski definition) is 0. The smallest absolute Gasteiger partial charge is 0.118 e. The lowest BCUT2D eigenvalue weighted by atomic mass is 9.89. The van der Waals surface area contributed by atoms with Gasteiger partial charge in [-0.25, -0.2) is 0 Å². The molecule has 1 aliphatic heterocycles. The number of nitrogens with zero attached hydrogens (tertiary/aromatic N) is 1. The van der Waals surface area contributed by atoms with Gasteiger partial charge in [-0.15, -0.1) is 5.92 Å². The van der Waals surface area contributed by atoms with Gasteiger partial charge in [0.1, 0.15) is 5.75 Å². The molecule has 0 N–H and O–H groups in total. The molecule has 1 fully saturated rings. The van der Waals surface area contributed by atoms with Gasteiger partial charge in [0, 0.05) is 0 Å². The molecule has 124 valence electrons. The van der Waals surface area contributed by atoms with Crippen LogP contribution in [0.15, 0.2) is 24.3 Å². The molecular weight excluding hydrogens is 270 g/mol. The predicted octanol–water partition coefficient (Wildman–Crippen LogP) is 4.95. The van der Waals surface area contributed by atoms with E-state index in [1.165, 1.54) is 18.4 Å². The number of rotatable bonds is 3. The summed E-state index contributed by atoms with van der Waals surface area (Å²) in [6.07, 6.45) is 2.47. The number of methoxy groups -OCH3 is 1. The molecule has 2 nitrogen and oxygen atoms in total. The van der Waals surface area contributed by atoms with Crippen LogP contribution in [0, 0.1) is 11.8 Å². The van der Waals surface area contributed by atoms with Crippen LogP contribution in [-0.2, 0) is 0 Å². The molecule has 0 aromatic heterocycles. The average Bonchev–Trinajstić information content (AvgIpc) is 2.64. The largest absolute Gasteiger partial charge is 0.497 e. The van der Waals surface area contributed by atoms with Gasteiger partial charge in [-0.3, -0.25) is 4.90 Å². The van der Waals surface area contributed by atoms with Crippen LogP contribution in [0.2, 0.25) is 0 Å². The topological polar surface area (TPSA) is 12.5 Å². The zero-order chi connectivity index (χ0) is 16.8. The maximum absolute atomic E-state index is 5.19. The van der Waals surface area contributed by atoms with Gasteiger partial charge >= 0.3 is 0 Å². The van der Waals surface area contributed by atoms with Crippen LogP contribution in [0.25, 0.3) is 0 Å². The molecule has 2 rings (SSSR count). The Morgan fingerprint density at radius 1 is 1.05 bits per heavy atom. The van der Waals surface area contributed by atoms with E-state index in [1.54, 1.807) is 7.11 Å². The lowest BCUT2D eigenvalue weighted by Gasteiger charge is -2.30. The molecule has 0 saturated carbocycles. The second-order valence-electron chi connectivity index (χ2n) is 4.75. The van der Waals surface area contributed by atoms with Crippen molar-refractivity contribution >= 4 is 0 Å². The molecule has 0 radical (unpaired) electrons. The lowest BCUT2D eigenvalue weighted by molar-refractivity contribution is 0.235. The molecule has 0 atom stereocenters. The van der Waals surface area contributed by atoms with Crippen molar-refractivity contribution in [1.82, 2.24) is 4.90 Å². The Morgan fingerprint density at radius 2 is 1.59 bits per heavy atom. The summed E-state index contributed by atoms with van der Waals surface area (Å²) in [4.78, 5) is 2.44. The van der Waals surface area contributed by atoms with Crippen LogP contribution in [0.4, 0.5) is 0 Å². The standard InChI is InChI=1S/C16H21NO.2C2H6/c1-3-4-11-17-12-9-15(10-13-17)14-5-7-16(18-2)8-6-14;2*1-2/h5-8,15H,9-13H2,1-2H3;2*1-2H3. The Labute approximate surface area is 137 Å². The molecule has 0 unspecified atom stereocenters. The molecule has 0 amide bonds. The fourth-order valence-corrected chi connectivity index (χ4v) is 2.49. The summed E-state index contributed by atoms with van der Waals surface area (Å²) in [6, 6.07) is 8.52. The van der Waals surface area contributed by atoms with E-state index < -0.39 is 0 Å². The molecule has 1 heterocycles. The minimum atomic E-state index is 0.696. The number of hydrogen-bond acceptors (Lipinski definition) is 2. The molecular formula is C20H33NO. The first kappa shape index (κ1) is 20.5. The minimum Gasteiger partial charge on any atom is -0.497 e. The maximum Gasteiger partial charge on any atom is 0.118 e. The van der Waals surface area contributed by atoms with Crippen LogP contribution in [-0.4, -0.2) is 31.6 Å². The lowest BCUT2D eigenvalue weighted by Crippen LogP contribution is -2.33. The normalized spacial score (nSPS) is 14.5. The quantitative estimate of drug-likeness (QED) is 0.733. The Kier molecular flexibility index (Phi) is 12.3. The third kappa shape index (κ3) is 7.00. The highest BCUT2D eigenvalue weighted by molar-refractivity contribution is 5.29. The van der Waals surface area contributed by atoms with Gasteiger partial charge in [0.25, 0.3) is 0 Å². The first-order valence-corrected chi connectivity index (χ1v) is 8.59. The van der Waals surface area contributed by atoms with E-state index in [9.17, 15) is 0 Å². The number of likely N-dealkylation sites (tertiary alicyclic amines) is 1. The van der Waals surface area contributed by atoms with Gasteiger partial charge in [0.15, 0.2) is 0 Å². The average molecular weight is 303 g/mol. The summed E-state index contributed by atoms with van der Waals surface area (Å²) in [6.45, 7) is 13.1. The number of ether oxygens (including phenoxy) is 1. The highest BCUT2D eigenvalue weighted by Crippen LogP contribution is 2.28. The van der Waals surface area contributed by atoms with Crippen molar-refractivity contribution in [2.24, 2.45) is 0 Å². The first-order chi connectivity index (χ1) is 10.8. The molecule has 0 bridgehead atoms. The van der Waals surface area contributed by atoms with Gasteiger partial charge in [-0.2, -0.15) is 0 Å². The molecule has 2 heteroatoms. The summed E-state index contributed by atoms with van der Waals surface area (Å²) >= 11 is 0. The van der Waals surface area contributed by atoms with Gasteiger partial charge in [-0.1, -0.05) is 45.7 Å². The molecule has 1 aromatic carbocycles. The second kappa shape index (κ2) is 13.2. The molecule has 1 saturated heterocycles. The summed E-state index contributed by atoms with van der Waals surface area (Å²) in [5.74, 6) is 7.75.